The number of nitrogens with zero attached hydrogens (tertiary/aromatic N) is 1. The van der Waals surface area contributed by atoms with Crippen molar-refractivity contribution in [2.24, 2.45) is 22.7 Å². The van der Waals surface area contributed by atoms with Gasteiger partial charge in [0, 0.05) is 13.1 Å². The predicted octanol–water partition coefficient (Wildman–Crippen LogP) is 5.51. The van der Waals surface area contributed by atoms with Gasteiger partial charge in [-0.3, -0.25) is 0 Å². The van der Waals surface area contributed by atoms with Gasteiger partial charge >= 0.3 is 0 Å². The van der Waals surface area contributed by atoms with Gasteiger partial charge in [-0.1, -0.05) is 54.5 Å². The highest BCUT2D eigenvalue weighted by molar-refractivity contribution is 5.20. The molecule has 0 spiro atoms. The Balaban J connectivity index is 2.40. The summed E-state index contributed by atoms with van der Waals surface area (Å²) in [5, 5.41) is 0. The summed E-state index contributed by atoms with van der Waals surface area (Å²) in [4.78, 5) is 2.34. The Kier molecular flexibility index (Phi) is 7.38. The molecule has 1 unspecified atom stereocenters. The molecule has 0 radical (unpaired) electrons. The summed E-state index contributed by atoms with van der Waals surface area (Å²) >= 11 is 0. The molecule has 0 amide bonds. The fraction of sp³-hybridized carbons (Fsp3) is 0.810. The van der Waals surface area contributed by atoms with Gasteiger partial charge in [-0.05, 0) is 54.7 Å². The standard InChI is InChI=1S/C21H39NO/c1-17(2)15-22(8)13-14-23-19-11-9-18(10-12-19)21(6,7)16-20(3,4)5/h9,11-12,17-18H,10,13-16H2,1-8H3. The summed E-state index contributed by atoms with van der Waals surface area (Å²) in [6.45, 7) is 19.2. The number of allylic oxidation sites excluding steroid dienone is 3. The molecule has 23 heavy (non-hydrogen) atoms. The van der Waals surface area contributed by atoms with Crippen molar-refractivity contribution in [2.75, 3.05) is 26.7 Å². The van der Waals surface area contributed by atoms with Gasteiger partial charge < -0.3 is 9.64 Å². The maximum atomic E-state index is 5.93. The van der Waals surface area contributed by atoms with Crippen LogP contribution in [-0.2, 0) is 4.74 Å². The van der Waals surface area contributed by atoms with Crippen LogP contribution in [0.25, 0.3) is 0 Å². The monoisotopic (exact) mass is 321 g/mol. The van der Waals surface area contributed by atoms with Crippen molar-refractivity contribution in [2.45, 2.75) is 61.3 Å². The fourth-order valence-corrected chi connectivity index (χ4v) is 3.82. The molecule has 0 saturated carbocycles. The molecular weight excluding hydrogens is 282 g/mol. The van der Waals surface area contributed by atoms with E-state index >= 15 is 0 Å². The highest BCUT2D eigenvalue weighted by Gasteiger charge is 2.32. The first kappa shape index (κ1) is 20.3. The molecule has 0 heterocycles. The second-order valence-electron chi connectivity index (χ2n) is 9.54. The first-order chi connectivity index (χ1) is 10.5. The lowest BCUT2D eigenvalue weighted by Crippen LogP contribution is -2.29. The van der Waals surface area contributed by atoms with E-state index < -0.39 is 0 Å². The van der Waals surface area contributed by atoms with Crippen LogP contribution in [0.2, 0.25) is 0 Å². The van der Waals surface area contributed by atoms with E-state index in [0.29, 0.717) is 22.7 Å². The molecule has 0 bridgehead atoms. The summed E-state index contributed by atoms with van der Waals surface area (Å²) in [5.41, 5.74) is 0.701. The zero-order valence-electron chi connectivity index (χ0n) is 16.8. The molecule has 1 atom stereocenters. The first-order valence-corrected chi connectivity index (χ1v) is 9.19. The van der Waals surface area contributed by atoms with Gasteiger partial charge in [0.2, 0.25) is 0 Å². The normalized spacial score (nSPS) is 19.4. The third kappa shape index (κ3) is 8.06. The molecular formula is C21H39NO. The molecule has 0 N–H and O–H groups in total. The third-order valence-electron chi connectivity index (χ3n) is 4.47. The number of likely N-dealkylation sites (N-methyl/N-ethyl adjacent to an activating group) is 1. The van der Waals surface area contributed by atoms with E-state index in [2.05, 4.69) is 78.6 Å². The second kappa shape index (κ2) is 8.37. The van der Waals surface area contributed by atoms with E-state index in [0.717, 1.165) is 31.9 Å². The van der Waals surface area contributed by atoms with Crippen LogP contribution in [-0.4, -0.2) is 31.6 Å². The van der Waals surface area contributed by atoms with Crippen molar-refractivity contribution in [1.82, 2.24) is 4.90 Å². The van der Waals surface area contributed by atoms with Crippen molar-refractivity contribution < 1.29 is 4.74 Å². The van der Waals surface area contributed by atoms with Crippen LogP contribution in [0.5, 0.6) is 0 Å². The number of hydrogen-bond acceptors (Lipinski definition) is 2. The molecule has 1 aliphatic carbocycles. The molecule has 0 saturated heterocycles. The lowest BCUT2D eigenvalue weighted by molar-refractivity contribution is 0.149. The summed E-state index contributed by atoms with van der Waals surface area (Å²) in [7, 11) is 2.17. The molecule has 0 aliphatic heterocycles. The Morgan fingerprint density at radius 1 is 1.22 bits per heavy atom. The van der Waals surface area contributed by atoms with Crippen LogP contribution in [0.4, 0.5) is 0 Å². The zero-order valence-corrected chi connectivity index (χ0v) is 16.8. The van der Waals surface area contributed by atoms with Gasteiger partial charge in [0.25, 0.3) is 0 Å². The van der Waals surface area contributed by atoms with Crippen LogP contribution < -0.4 is 0 Å². The number of rotatable bonds is 8. The molecule has 0 aromatic heterocycles. The lowest BCUT2D eigenvalue weighted by atomic mass is 9.67. The maximum absolute atomic E-state index is 5.93. The minimum Gasteiger partial charge on any atom is -0.493 e. The molecule has 2 nitrogen and oxygen atoms in total. The van der Waals surface area contributed by atoms with Crippen molar-refractivity contribution in [3.05, 3.63) is 24.0 Å². The Hall–Kier alpha value is -0.760. The van der Waals surface area contributed by atoms with Gasteiger partial charge in [0.15, 0.2) is 0 Å². The Labute approximate surface area is 145 Å². The lowest BCUT2D eigenvalue weighted by Gasteiger charge is -2.38. The molecule has 2 heteroatoms. The summed E-state index contributed by atoms with van der Waals surface area (Å²) in [5.74, 6) is 2.36. The van der Waals surface area contributed by atoms with Gasteiger partial charge in [0.1, 0.15) is 12.4 Å². The smallest absolute Gasteiger partial charge is 0.115 e. The van der Waals surface area contributed by atoms with Crippen LogP contribution in [0, 0.1) is 22.7 Å². The van der Waals surface area contributed by atoms with Crippen LogP contribution in [0.15, 0.2) is 24.0 Å². The van der Waals surface area contributed by atoms with Gasteiger partial charge in [-0.2, -0.15) is 0 Å². The van der Waals surface area contributed by atoms with Crippen LogP contribution in [0.1, 0.15) is 61.3 Å². The highest BCUT2D eigenvalue weighted by Crippen LogP contribution is 2.42. The van der Waals surface area contributed by atoms with E-state index in [1.54, 1.807) is 0 Å². The topological polar surface area (TPSA) is 12.5 Å². The van der Waals surface area contributed by atoms with Crippen molar-refractivity contribution in [3.63, 3.8) is 0 Å². The minimum absolute atomic E-state index is 0.328. The molecule has 1 aliphatic rings. The van der Waals surface area contributed by atoms with Crippen LogP contribution in [0.3, 0.4) is 0 Å². The average molecular weight is 322 g/mol. The Morgan fingerprint density at radius 2 is 1.87 bits per heavy atom. The predicted molar refractivity (Wildman–Crippen MR) is 101 cm³/mol. The van der Waals surface area contributed by atoms with Gasteiger partial charge in [0.05, 0.1) is 0 Å². The third-order valence-corrected chi connectivity index (χ3v) is 4.47. The quantitative estimate of drug-likeness (QED) is 0.584. The zero-order chi connectivity index (χ0) is 17.7. The minimum atomic E-state index is 0.328. The SMILES string of the molecule is CC(C)CN(C)CCOC1=CCC(C(C)(C)CC(C)(C)C)C=C1. The van der Waals surface area contributed by atoms with Crippen molar-refractivity contribution in [1.29, 1.82) is 0 Å². The molecule has 0 aromatic carbocycles. The Morgan fingerprint density at radius 3 is 2.35 bits per heavy atom. The van der Waals surface area contributed by atoms with E-state index in [9.17, 15) is 0 Å². The Bertz CT molecular complexity index is 412. The van der Waals surface area contributed by atoms with Crippen molar-refractivity contribution in [3.8, 4) is 0 Å². The highest BCUT2D eigenvalue weighted by atomic mass is 16.5. The second-order valence-corrected chi connectivity index (χ2v) is 9.54. The molecule has 134 valence electrons. The summed E-state index contributed by atoms with van der Waals surface area (Å²) in [6, 6.07) is 0. The van der Waals surface area contributed by atoms with Gasteiger partial charge in [-0.15, -0.1) is 0 Å². The molecule has 0 fully saturated rings. The average Bonchev–Trinajstić information content (AvgIpc) is 2.35. The van der Waals surface area contributed by atoms with Crippen molar-refractivity contribution >= 4 is 0 Å². The van der Waals surface area contributed by atoms with E-state index in [1.165, 1.54) is 6.42 Å². The van der Waals surface area contributed by atoms with E-state index in [-0.39, 0.29) is 0 Å². The molecule has 0 aromatic rings. The van der Waals surface area contributed by atoms with E-state index in [4.69, 9.17) is 4.74 Å². The first-order valence-electron chi connectivity index (χ1n) is 9.19. The van der Waals surface area contributed by atoms with Gasteiger partial charge in [-0.25, -0.2) is 0 Å². The van der Waals surface area contributed by atoms with Crippen LogP contribution >= 0.6 is 0 Å². The number of ether oxygens (including phenoxy) is 1. The van der Waals surface area contributed by atoms with E-state index in [1.807, 2.05) is 0 Å². The fourth-order valence-electron chi connectivity index (χ4n) is 3.82. The number of hydrogen-bond donors (Lipinski definition) is 0. The maximum Gasteiger partial charge on any atom is 0.115 e. The summed E-state index contributed by atoms with van der Waals surface area (Å²) < 4.78 is 5.93. The molecule has 1 rings (SSSR count). The summed E-state index contributed by atoms with van der Waals surface area (Å²) in [6.07, 6.45) is 9.15. The largest absolute Gasteiger partial charge is 0.493 e.